The quantitative estimate of drug-likeness (QED) is 0.487. The lowest BCUT2D eigenvalue weighted by molar-refractivity contribution is -0.181. The molecule has 0 spiro atoms. The van der Waals surface area contributed by atoms with Gasteiger partial charge in [0.25, 0.3) is 0 Å². The standard InChI is InChI=1S/C12H15Cl2FN2O4/c1-4-6(19-3)21-12(18)5(2)20-11-8(14)9(16)7(13)10(15)17-11/h5-6H,4H2,1-3H3,(H2,16,17)/t5-,6?/m1/s1. The number of hydrogen-bond acceptors (Lipinski definition) is 6. The first-order valence-corrected chi connectivity index (χ1v) is 6.77. The van der Waals surface area contributed by atoms with Crippen LogP contribution in [0, 0.1) is 5.95 Å². The molecule has 1 heterocycles. The fourth-order valence-corrected chi connectivity index (χ4v) is 1.69. The highest BCUT2D eigenvalue weighted by atomic mass is 35.5. The summed E-state index contributed by atoms with van der Waals surface area (Å²) in [6.45, 7) is 3.17. The Morgan fingerprint density at radius 2 is 2.05 bits per heavy atom. The maximum absolute atomic E-state index is 13.4. The van der Waals surface area contributed by atoms with Crippen LogP contribution in [-0.4, -0.2) is 30.5 Å². The first kappa shape index (κ1) is 17.7. The third-order valence-corrected chi connectivity index (χ3v) is 3.23. The van der Waals surface area contributed by atoms with Crippen molar-refractivity contribution in [2.24, 2.45) is 0 Å². The van der Waals surface area contributed by atoms with Crippen LogP contribution in [0.1, 0.15) is 20.3 Å². The average molecular weight is 341 g/mol. The highest BCUT2D eigenvalue weighted by Crippen LogP contribution is 2.35. The zero-order chi connectivity index (χ0) is 16.2. The van der Waals surface area contributed by atoms with Crippen molar-refractivity contribution in [3.8, 4) is 5.88 Å². The van der Waals surface area contributed by atoms with E-state index >= 15 is 0 Å². The molecule has 0 fully saturated rings. The van der Waals surface area contributed by atoms with E-state index < -0.39 is 29.3 Å². The topological polar surface area (TPSA) is 83.7 Å². The maximum Gasteiger partial charge on any atom is 0.349 e. The molecule has 2 atom stereocenters. The van der Waals surface area contributed by atoms with E-state index in [2.05, 4.69) is 4.98 Å². The molecule has 0 saturated heterocycles. The number of nitrogens with two attached hydrogens (primary N) is 1. The van der Waals surface area contributed by atoms with Gasteiger partial charge in [0.1, 0.15) is 10.0 Å². The zero-order valence-corrected chi connectivity index (χ0v) is 13.2. The predicted octanol–water partition coefficient (Wildman–Crippen LogP) is 2.80. The second-order valence-electron chi connectivity index (χ2n) is 4.02. The summed E-state index contributed by atoms with van der Waals surface area (Å²) in [6.07, 6.45) is -1.31. The molecule has 2 N–H and O–H groups in total. The fourth-order valence-electron chi connectivity index (χ4n) is 1.33. The number of methoxy groups -OCH3 is 1. The van der Waals surface area contributed by atoms with Crippen molar-refractivity contribution >= 4 is 34.9 Å². The van der Waals surface area contributed by atoms with Crippen molar-refractivity contribution in [2.45, 2.75) is 32.7 Å². The molecule has 0 aliphatic carbocycles. The summed E-state index contributed by atoms with van der Waals surface area (Å²) in [5.41, 5.74) is 5.28. The highest BCUT2D eigenvalue weighted by Gasteiger charge is 2.24. The van der Waals surface area contributed by atoms with Crippen LogP contribution in [0.25, 0.3) is 0 Å². The molecule has 1 aromatic heterocycles. The molecule has 0 aliphatic rings. The van der Waals surface area contributed by atoms with E-state index in [0.717, 1.165) is 0 Å². The molecule has 0 radical (unpaired) electrons. The van der Waals surface area contributed by atoms with Crippen molar-refractivity contribution in [2.75, 3.05) is 12.8 Å². The number of anilines is 1. The van der Waals surface area contributed by atoms with Gasteiger partial charge in [-0.15, -0.1) is 0 Å². The van der Waals surface area contributed by atoms with Gasteiger partial charge >= 0.3 is 5.97 Å². The van der Waals surface area contributed by atoms with Gasteiger partial charge < -0.3 is 19.9 Å². The van der Waals surface area contributed by atoms with Crippen LogP contribution in [-0.2, 0) is 14.3 Å². The monoisotopic (exact) mass is 340 g/mol. The van der Waals surface area contributed by atoms with Gasteiger partial charge in [-0.2, -0.15) is 9.37 Å². The van der Waals surface area contributed by atoms with Crippen LogP contribution in [0.3, 0.4) is 0 Å². The van der Waals surface area contributed by atoms with Crippen LogP contribution in [0.15, 0.2) is 0 Å². The van der Waals surface area contributed by atoms with Gasteiger partial charge in [0.2, 0.25) is 18.1 Å². The number of nitrogen functional groups attached to an aromatic ring is 1. The lowest BCUT2D eigenvalue weighted by Gasteiger charge is -2.18. The molecule has 6 nitrogen and oxygen atoms in total. The van der Waals surface area contributed by atoms with E-state index in [1.54, 1.807) is 6.92 Å². The van der Waals surface area contributed by atoms with Crippen LogP contribution in [0.4, 0.5) is 10.1 Å². The van der Waals surface area contributed by atoms with Crippen LogP contribution in [0.5, 0.6) is 5.88 Å². The normalized spacial score (nSPS) is 13.6. The second-order valence-corrected chi connectivity index (χ2v) is 4.78. The third-order valence-electron chi connectivity index (χ3n) is 2.51. The molecule has 21 heavy (non-hydrogen) atoms. The molecule has 0 saturated carbocycles. The number of carbonyl (C=O) groups is 1. The summed E-state index contributed by atoms with van der Waals surface area (Å²) < 4.78 is 28.5. The Morgan fingerprint density at radius 3 is 2.57 bits per heavy atom. The summed E-state index contributed by atoms with van der Waals surface area (Å²) in [6, 6.07) is 0. The summed E-state index contributed by atoms with van der Waals surface area (Å²) in [7, 11) is 1.40. The Bertz CT molecular complexity index is 526. The first-order chi connectivity index (χ1) is 9.81. The van der Waals surface area contributed by atoms with Crippen LogP contribution < -0.4 is 10.5 Å². The minimum atomic E-state index is -1.08. The molecular formula is C12H15Cl2FN2O4. The zero-order valence-electron chi connectivity index (χ0n) is 11.7. The summed E-state index contributed by atoms with van der Waals surface area (Å²) in [4.78, 5) is 15.2. The Morgan fingerprint density at radius 1 is 1.43 bits per heavy atom. The smallest absolute Gasteiger partial charge is 0.349 e. The van der Waals surface area contributed by atoms with Crippen molar-refractivity contribution in [3.05, 3.63) is 16.0 Å². The minimum absolute atomic E-state index is 0.181. The molecule has 1 rings (SSSR count). The molecule has 118 valence electrons. The van der Waals surface area contributed by atoms with Crippen molar-refractivity contribution in [1.29, 1.82) is 0 Å². The molecular weight excluding hydrogens is 326 g/mol. The summed E-state index contributed by atoms with van der Waals surface area (Å²) >= 11 is 11.4. The average Bonchev–Trinajstić information content (AvgIpc) is 2.47. The summed E-state index contributed by atoms with van der Waals surface area (Å²) in [5, 5.41) is -0.590. The van der Waals surface area contributed by atoms with Crippen molar-refractivity contribution in [3.63, 3.8) is 0 Å². The second kappa shape index (κ2) is 7.63. The van der Waals surface area contributed by atoms with Crippen molar-refractivity contribution in [1.82, 2.24) is 4.98 Å². The summed E-state index contributed by atoms with van der Waals surface area (Å²) in [5.74, 6) is -2.10. The lowest BCUT2D eigenvalue weighted by Crippen LogP contribution is -2.31. The van der Waals surface area contributed by atoms with E-state index in [1.165, 1.54) is 14.0 Å². The number of rotatable bonds is 6. The minimum Gasteiger partial charge on any atom is -0.461 e. The largest absolute Gasteiger partial charge is 0.461 e. The Balaban J connectivity index is 2.84. The predicted molar refractivity (Wildman–Crippen MR) is 75.9 cm³/mol. The SMILES string of the molecule is CCC(OC)OC(=O)[C@@H](C)Oc1nc(F)c(Cl)c(N)c1Cl. The Labute approximate surface area is 131 Å². The van der Waals surface area contributed by atoms with E-state index in [1.807, 2.05) is 0 Å². The van der Waals surface area contributed by atoms with E-state index in [0.29, 0.717) is 6.42 Å². The van der Waals surface area contributed by atoms with Gasteiger partial charge in [0.05, 0.1) is 5.69 Å². The number of hydrogen-bond donors (Lipinski definition) is 1. The molecule has 1 unspecified atom stereocenters. The lowest BCUT2D eigenvalue weighted by atomic mass is 10.3. The van der Waals surface area contributed by atoms with Gasteiger partial charge in [0.15, 0.2) is 6.10 Å². The number of esters is 1. The van der Waals surface area contributed by atoms with E-state index in [-0.39, 0.29) is 16.6 Å². The highest BCUT2D eigenvalue weighted by molar-refractivity contribution is 6.39. The van der Waals surface area contributed by atoms with Gasteiger partial charge in [0, 0.05) is 13.5 Å². The van der Waals surface area contributed by atoms with Crippen LogP contribution >= 0.6 is 23.2 Å². The Kier molecular flexibility index (Phi) is 6.44. The number of carbonyl (C=O) groups excluding carboxylic acids is 1. The van der Waals surface area contributed by atoms with E-state index in [4.69, 9.17) is 43.1 Å². The van der Waals surface area contributed by atoms with Gasteiger partial charge in [-0.3, -0.25) is 0 Å². The molecule has 0 aliphatic heterocycles. The molecule has 0 aromatic carbocycles. The van der Waals surface area contributed by atoms with Crippen molar-refractivity contribution < 1.29 is 23.4 Å². The molecule has 1 aromatic rings. The number of ether oxygens (including phenoxy) is 3. The fraction of sp³-hybridized carbons (Fsp3) is 0.500. The first-order valence-electron chi connectivity index (χ1n) is 6.01. The molecule has 0 amide bonds. The van der Waals surface area contributed by atoms with Crippen LogP contribution in [0.2, 0.25) is 10.0 Å². The number of nitrogens with zero attached hydrogens (tertiary/aromatic N) is 1. The van der Waals surface area contributed by atoms with Gasteiger partial charge in [-0.05, 0) is 6.92 Å². The van der Waals surface area contributed by atoms with Gasteiger partial charge in [-0.25, -0.2) is 4.79 Å². The molecule has 9 heteroatoms. The van der Waals surface area contributed by atoms with Gasteiger partial charge in [-0.1, -0.05) is 30.1 Å². The number of aromatic nitrogens is 1. The maximum atomic E-state index is 13.4. The number of halogens is 3. The Hall–Kier alpha value is -1.31. The number of pyridine rings is 1. The third kappa shape index (κ3) is 4.33. The molecule has 0 bridgehead atoms. The van der Waals surface area contributed by atoms with E-state index in [9.17, 15) is 9.18 Å².